The van der Waals surface area contributed by atoms with E-state index in [2.05, 4.69) is 6.92 Å². The SMILES string of the molecule is CCCCCOCc1cccc([N+](=O)[O-])c1N. The van der Waals surface area contributed by atoms with Crippen molar-refractivity contribution in [3.63, 3.8) is 0 Å². The number of rotatable bonds is 7. The predicted octanol–water partition coefficient (Wildman–Crippen LogP) is 2.88. The highest BCUT2D eigenvalue weighted by Gasteiger charge is 2.13. The number of nitrogen functional groups attached to an aromatic ring is 1. The Balaban J connectivity index is 2.54. The Morgan fingerprint density at radius 2 is 2.18 bits per heavy atom. The fourth-order valence-corrected chi connectivity index (χ4v) is 1.52. The molecule has 17 heavy (non-hydrogen) atoms. The minimum absolute atomic E-state index is 0.0559. The summed E-state index contributed by atoms with van der Waals surface area (Å²) in [6, 6.07) is 4.78. The zero-order chi connectivity index (χ0) is 12.7. The Kier molecular flexibility index (Phi) is 5.42. The Bertz CT molecular complexity index is 380. The minimum atomic E-state index is -0.476. The summed E-state index contributed by atoms with van der Waals surface area (Å²) in [6.07, 6.45) is 3.28. The molecule has 0 bridgehead atoms. The number of nitrogens with two attached hydrogens (primary N) is 1. The van der Waals surface area contributed by atoms with Crippen LogP contribution in [0.5, 0.6) is 0 Å². The van der Waals surface area contributed by atoms with E-state index in [1.54, 1.807) is 12.1 Å². The molecule has 0 aliphatic carbocycles. The Morgan fingerprint density at radius 1 is 1.41 bits per heavy atom. The number of para-hydroxylation sites is 1. The monoisotopic (exact) mass is 238 g/mol. The summed E-state index contributed by atoms with van der Waals surface area (Å²) in [5.74, 6) is 0. The number of nitro groups is 1. The summed E-state index contributed by atoms with van der Waals surface area (Å²) in [5.41, 5.74) is 6.53. The molecule has 0 heterocycles. The molecular weight excluding hydrogens is 220 g/mol. The smallest absolute Gasteiger partial charge is 0.292 e. The molecule has 1 aromatic carbocycles. The third-order valence-corrected chi connectivity index (χ3v) is 2.52. The highest BCUT2D eigenvalue weighted by molar-refractivity contribution is 5.62. The average molecular weight is 238 g/mol. The lowest BCUT2D eigenvalue weighted by Crippen LogP contribution is -2.02. The van der Waals surface area contributed by atoms with Gasteiger partial charge < -0.3 is 10.5 Å². The van der Waals surface area contributed by atoms with E-state index in [9.17, 15) is 10.1 Å². The summed E-state index contributed by atoms with van der Waals surface area (Å²) >= 11 is 0. The van der Waals surface area contributed by atoms with Gasteiger partial charge in [0.25, 0.3) is 5.69 Å². The minimum Gasteiger partial charge on any atom is -0.393 e. The van der Waals surface area contributed by atoms with Crippen molar-refractivity contribution in [2.45, 2.75) is 32.8 Å². The first-order valence-corrected chi connectivity index (χ1v) is 5.76. The van der Waals surface area contributed by atoms with Crippen molar-refractivity contribution in [2.75, 3.05) is 12.3 Å². The van der Waals surface area contributed by atoms with Gasteiger partial charge in [0.15, 0.2) is 0 Å². The maximum Gasteiger partial charge on any atom is 0.292 e. The number of nitro benzene ring substituents is 1. The van der Waals surface area contributed by atoms with Crippen LogP contribution in [-0.4, -0.2) is 11.5 Å². The summed E-state index contributed by atoms with van der Waals surface area (Å²) in [6.45, 7) is 3.12. The second kappa shape index (κ2) is 6.85. The molecule has 0 aliphatic heterocycles. The number of hydrogen-bond acceptors (Lipinski definition) is 4. The Labute approximate surface area is 101 Å². The van der Waals surface area contributed by atoms with Gasteiger partial charge >= 0.3 is 0 Å². The lowest BCUT2D eigenvalue weighted by Gasteiger charge is -2.07. The van der Waals surface area contributed by atoms with Gasteiger partial charge in [0, 0.05) is 18.2 Å². The van der Waals surface area contributed by atoms with Crippen molar-refractivity contribution >= 4 is 11.4 Å². The van der Waals surface area contributed by atoms with Crippen molar-refractivity contribution < 1.29 is 9.66 Å². The van der Waals surface area contributed by atoms with Gasteiger partial charge in [-0.3, -0.25) is 10.1 Å². The molecule has 0 amide bonds. The van der Waals surface area contributed by atoms with Crippen LogP contribution < -0.4 is 5.73 Å². The zero-order valence-corrected chi connectivity index (χ0v) is 10.0. The van der Waals surface area contributed by atoms with E-state index in [1.807, 2.05) is 0 Å². The fraction of sp³-hybridized carbons (Fsp3) is 0.500. The third-order valence-electron chi connectivity index (χ3n) is 2.52. The van der Waals surface area contributed by atoms with Gasteiger partial charge in [-0.25, -0.2) is 0 Å². The van der Waals surface area contributed by atoms with Crippen LogP contribution in [0.2, 0.25) is 0 Å². The van der Waals surface area contributed by atoms with Crippen LogP contribution in [0.3, 0.4) is 0 Å². The van der Waals surface area contributed by atoms with Crippen LogP contribution in [0, 0.1) is 10.1 Å². The van der Waals surface area contributed by atoms with E-state index < -0.39 is 4.92 Å². The van der Waals surface area contributed by atoms with Crippen molar-refractivity contribution in [1.82, 2.24) is 0 Å². The molecule has 0 aliphatic rings. The number of benzene rings is 1. The van der Waals surface area contributed by atoms with Crippen molar-refractivity contribution in [3.05, 3.63) is 33.9 Å². The first-order valence-electron chi connectivity index (χ1n) is 5.76. The predicted molar refractivity (Wildman–Crippen MR) is 66.7 cm³/mol. The number of hydrogen-bond donors (Lipinski definition) is 1. The number of unbranched alkanes of at least 4 members (excludes halogenated alkanes) is 2. The fourth-order valence-electron chi connectivity index (χ4n) is 1.52. The topological polar surface area (TPSA) is 78.4 Å². The number of ether oxygens (including phenoxy) is 1. The molecule has 0 saturated carbocycles. The van der Waals surface area contributed by atoms with Gasteiger partial charge in [0.2, 0.25) is 0 Å². The third kappa shape index (κ3) is 4.03. The standard InChI is InChI=1S/C12H18N2O3/c1-2-3-4-8-17-9-10-6-5-7-11(12(10)13)14(15)16/h5-7H,2-4,8-9,13H2,1H3. The van der Waals surface area contributed by atoms with Crippen LogP contribution in [-0.2, 0) is 11.3 Å². The zero-order valence-electron chi connectivity index (χ0n) is 10.0. The van der Waals surface area contributed by atoms with Crippen molar-refractivity contribution in [3.8, 4) is 0 Å². The molecule has 0 spiro atoms. The molecule has 2 N–H and O–H groups in total. The molecule has 0 radical (unpaired) electrons. The second-order valence-corrected chi connectivity index (χ2v) is 3.87. The first-order chi connectivity index (χ1) is 8.16. The molecule has 0 saturated heterocycles. The molecule has 0 aromatic heterocycles. The number of nitrogens with zero attached hydrogens (tertiary/aromatic N) is 1. The van der Waals surface area contributed by atoms with Crippen LogP contribution in [0.1, 0.15) is 31.7 Å². The van der Waals surface area contributed by atoms with Crippen LogP contribution in [0.25, 0.3) is 0 Å². The molecule has 0 unspecified atom stereocenters. The van der Waals surface area contributed by atoms with Gasteiger partial charge in [-0.15, -0.1) is 0 Å². The molecule has 5 nitrogen and oxygen atoms in total. The maximum absolute atomic E-state index is 10.7. The Morgan fingerprint density at radius 3 is 2.82 bits per heavy atom. The van der Waals surface area contributed by atoms with Gasteiger partial charge in [-0.1, -0.05) is 31.9 Å². The first kappa shape index (κ1) is 13.4. The van der Waals surface area contributed by atoms with E-state index in [1.165, 1.54) is 6.07 Å². The number of anilines is 1. The quantitative estimate of drug-likeness (QED) is 0.343. The van der Waals surface area contributed by atoms with E-state index in [-0.39, 0.29) is 11.4 Å². The largest absolute Gasteiger partial charge is 0.393 e. The second-order valence-electron chi connectivity index (χ2n) is 3.87. The highest BCUT2D eigenvalue weighted by atomic mass is 16.6. The summed E-state index contributed by atoms with van der Waals surface area (Å²) < 4.78 is 5.43. The lowest BCUT2D eigenvalue weighted by atomic mass is 10.1. The van der Waals surface area contributed by atoms with Crippen LogP contribution in [0.15, 0.2) is 18.2 Å². The molecular formula is C12H18N2O3. The van der Waals surface area contributed by atoms with Crippen molar-refractivity contribution in [2.24, 2.45) is 0 Å². The van der Waals surface area contributed by atoms with Gasteiger partial charge in [0.1, 0.15) is 5.69 Å². The molecule has 1 aromatic rings. The van der Waals surface area contributed by atoms with E-state index in [4.69, 9.17) is 10.5 Å². The Hall–Kier alpha value is -1.62. The van der Waals surface area contributed by atoms with Crippen LogP contribution in [0.4, 0.5) is 11.4 Å². The summed E-state index contributed by atoms with van der Waals surface area (Å²) in [7, 11) is 0. The molecule has 94 valence electrons. The molecule has 5 heteroatoms. The normalized spacial score (nSPS) is 10.4. The van der Waals surface area contributed by atoms with E-state index in [0.717, 1.165) is 19.3 Å². The van der Waals surface area contributed by atoms with Gasteiger partial charge in [0.05, 0.1) is 11.5 Å². The van der Waals surface area contributed by atoms with Crippen LogP contribution >= 0.6 is 0 Å². The van der Waals surface area contributed by atoms with Crippen molar-refractivity contribution in [1.29, 1.82) is 0 Å². The molecule has 0 fully saturated rings. The molecule has 1 rings (SSSR count). The van der Waals surface area contributed by atoms with E-state index in [0.29, 0.717) is 18.8 Å². The van der Waals surface area contributed by atoms with Gasteiger partial charge in [-0.05, 0) is 6.42 Å². The highest BCUT2D eigenvalue weighted by Crippen LogP contribution is 2.25. The molecule has 0 atom stereocenters. The summed E-state index contributed by atoms with van der Waals surface area (Å²) in [5, 5.41) is 10.7. The average Bonchev–Trinajstić information content (AvgIpc) is 2.30. The van der Waals surface area contributed by atoms with E-state index >= 15 is 0 Å². The summed E-state index contributed by atoms with van der Waals surface area (Å²) in [4.78, 5) is 10.2. The van der Waals surface area contributed by atoms with Gasteiger partial charge in [-0.2, -0.15) is 0 Å². The lowest BCUT2D eigenvalue weighted by molar-refractivity contribution is -0.384. The maximum atomic E-state index is 10.7.